The minimum atomic E-state index is -4.74. The highest BCUT2D eigenvalue weighted by Gasteiger charge is 2.11. The molecule has 2 aromatic rings. The minimum absolute atomic E-state index is 0.0397. The van der Waals surface area contributed by atoms with Crippen LogP contribution in [0.1, 0.15) is 18.1 Å². The molecule has 0 saturated carbocycles. The average molecular weight is 364 g/mol. The molecule has 25 heavy (non-hydrogen) atoms. The molecule has 0 spiro atoms. The molecule has 0 unspecified atom stereocenters. The zero-order valence-corrected chi connectivity index (χ0v) is 14.3. The van der Waals surface area contributed by atoms with Gasteiger partial charge >= 0.3 is 10.2 Å². The maximum atomic E-state index is 12.8. The lowest BCUT2D eigenvalue weighted by Gasteiger charge is -2.08. The fourth-order valence-corrected chi connectivity index (χ4v) is 2.64. The van der Waals surface area contributed by atoms with Crippen molar-refractivity contribution in [2.45, 2.75) is 24.8 Å². The molecule has 2 N–H and O–H groups in total. The standard InChI is InChI=1S/C17H17FN2O4S/c1-12(21)20-15-4-2-3-14(9-15)11-19-17(22)10-13-5-7-16(8-6-13)25(18,23)24/h2-9H,10-11H2,1H3,(H,19,22)(H,20,21). The third-order valence-electron chi connectivity index (χ3n) is 3.31. The molecule has 0 fully saturated rings. The summed E-state index contributed by atoms with van der Waals surface area (Å²) in [5.41, 5.74) is 2.03. The number of benzene rings is 2. The van der Waals surface area contributed by atoms with E-state index in [1.165, 1.54) is 19.1 Å². The molecule has 0 aliphatic carbocycles. The van der Waals surface area contributed by atoms with Crippen molar-refractivity contribution in [1.29, 1.82) is 0 Å². The maximum Gasteiger partial charge on any atom is 0.332 e. The summed E-state index contributed by atoms with van der Waals surface area (Å²) in [7, 11) is -4.74. The molecule has 0 aliphatic heterocycles. The van der Waals surface area contributed by atoms with Crippen molar-refractivity contribution in [1.82, 2.24) is 5.32 Å². The van der Waals surface area contributed by atoms with Crippen LogP contribution in [-0.2, 0) is 32.8 Å². The summed E-state index contributed by atoms with van der Waals surface area (Å²) in [5, 5.41) is 5.39. The van der Waals surface area contributed by atoms with Crippen molar-refractivity contribution in [3.63, 3.8) is 0 Å². The second kappa shape index (κ2) is 7.89. The van der Waals surface area contributed by atoms with Crippen molar-refractivity contribution in [3.05, 3.63) is 59.7 Å². The van der Waals surface area contributed by atoms with Crippen LogP contribution in [0.15, 0.2) is 53.4 Å². The van der Waals surface area contributed by atoms with Crippen LogP contribution in [0.2, 0.25) is 0 Å². The van der Waals surface area contributed by atoms with Gasteiger partial charge in [-0.3, -0.25) is 9.59 Å². The van der Waals surface area contributed by atoms with Gasteiger partial charge in [0.2, 0.25) is 11.8 Å². The summed E-state index contributed by atoms with van der Waals surface area (Å²) < 4.78 is 34.3. The predicted molar refractivity (Wildman–Crippen MR) is 91.0 cm³/mol. The number of hydrogen-bond donors (Lipinski definition) is 2. The molecule has 0 heterocycles. The van der Waals surface area contributed by atoms with Gasteiger partial charge in [-0.2, -0.15) is 8.42 Å². The van der Waals surface area contributed by atoms with Gasteiger partial charge in [0.25, 0.3) is 0 Å². The SMILES string of the molecule is CC(=O)Nc1cccc(CNC(=O)Cc2ccc(S(=O)(=O)F)cc2)c1. The summed E-state index contributed by atoms with van der Waals surface area (Å²) in [6, 6.07) is 12.1. The Morgan fingerprint density at radius 3 is 2.32 bits per heavy atom. The van der Waals surface area contributed by atoms with Crippen molar-refractivity contribution in [2.24, 2.45) is 0 Å². The number of amides is 2. The van der Waals surface area contributed by atoms with Crippen LogP contribution in [0.25, 0.3) is 0 Å². The Balaban J connectivity index is 1.91. The second-order valence-electron chi connectivity index (χ2n) is 5.42. The molecule has 0 bridgehead atoms. The molecule has 0 radical (unpaired) electrons. The van der Waals surface area contributed by atoms with E-state index >= 15 is 0 Å². The van der Waals surface area contributed by atoms with Gasteiger partial charge in [-0.15, -0.1) is 3.89 Å². The first-order chi connectivity index (χ1) is 11.7. The largest absolute Gasteiger partial charge is 0.352 e. The molecule has 2 amide bonds. The molecule has 2 aromatic carbocycles. The normalized spacial score (nSPS) is 11.0. The lowest BCUT2D eigenvalue weighted by Crippen LogP contribution is -2.24. The van der Waals surface area contributed by atoms with Crippen molar-refractivity contribution >= 4 is 27.7 Å². The van der Waals surface area contributed by atoms with Gasteiger partial charge in [0.15, 0.2) is 0 Å². The fourth-order valence-electron chi connectivity index (χ4n) is 2.18. The van der Waals surface area contributed by atoms with Crippen molar-refractivity contribution < 1.29 is 21.9 Å². The third-order valence-corrected chi connectivity index (χ3v) is 4.14. The zero-order chi connectivity index (χ0) is 18.4. The molecule has 8 heteroatoms. The highest BCUT2D eigenvalue weighted by molar-refractivity contribution is 7.86. The van der Waals surface area contributed by atoms with E-state index in [1.807, 2.05) is 6.07 Å². The predicted octanol–water partition coefficient (Wildman–Crippen LogP) is 2.16. The summed E-state index contributed by atoms with van der Waals surface area (Å²) in [5.74, 6) is -0.444. The maximum absolute atomic E-state index is 12.8. The van der Waals surface area contributed by atoms with Crippen LogP contribution >= 0.6 is 0 Å². The van der Waals surface area contributed by atoms with Crippen LogP contribution in [0.4, 0.5) is 9.57 Å². The minimum Gasteiger partial charge on any atom is -0.352 e. The van der Waals surface area contributed by atoms with Gasteiger partial charge in [-0.05, 0) is 35.4 Å². The van der Waals surface area contributed by atoms with E-state index in [4.69, 9.17) is 0 Å². The molecule has 0 saturated heterocycles. The highest BCUT2D eigenvalue weighted by Crippen LogP contribution is 2.14. The van der Waals surface area contributed by atoms with Gasteiger partial charge < -0.3 is 10.6 Å². The number of carbonyl (C=O) groups is 2. The number of halogens is 1. The first-order valence-electron chi connectivity index (χ1n) is 7.41. The quantitative estimate of drug-likeness (QED) is 0.769. The summed E-state index contributed by atoms with van der Waals surface area (Å²) in [4.78, 5) is 22.6. The van der Waals surface area contributed by atoms with Crippen LogP contribution in [0, 0.1) is 0 Å². The summed E-state index contributed by atoms with van der Waals surface area (Å²) in [6.45, 7) is 1.69. The number of rotatable bonds is 6. The van der Waals surface area contributed by atoms with Gasteiger partial charge in [0.05, 0.1) is 11.3 Å². The average Bonchev–Trinajstić information content (AvgIpc) is 2.52. The molecule has 2 rings (SSSR count). The van der Waals surface area contributed by atoms with E-state index in [0.717, 1.165) is 17.7 Å². The molecule has 6 nitrogen and oxygen atoms in total. The molecule has 0 aliphatic rings. The van der Waals surface area contributed by atoms with Crippen molar-refractivity contribution in [2.75, 3.05) is 5.32 Å². The first-order valence-corrected chi connectivity index (χ1v) is 8.79. The van der Waals surface area contributed by atoms with Crippen molar-refractivity contribution in [3.8, 4) is 0 Å². The Morgan fingerprint density at radius 2 is 1.72 bits per heavy atom. The summed E-state index contributed by atoms with van der Waals surface area (Å²) in [6.07, 6.45) is 0.0397. The van der Waals surface area contributed by atoms with Crippen LogP contribution < -0.4 is 10.6 Å². The monoisotopic (exact) mass is 364 g/mol. The first kappa shape index (κ1) is 18.6. The van der Waals surface area contributed by atoms with Crippen LogP contribution in [0.5, 0.6) is 0 Å². The van der Waals surface area contributed by atoms with Gasteiger partial charge in [-0.25, -0.2) is 0 Å². The highest BCUT2D eigenvalue weighted by atomic mass is 32.3. The third kappa shape index (κ3) is 6.00. The number of anilines is 1. The van der Waals surface area contributed by atoms with E-state index in [0.29, 0.717) is 11.3 Å². The van der Waals surface area contributed by atoms with E-state index in [2.05, 4.69) is 10.6 Å². The van der Waals surface area contributed by atoms with Gasteiger partial charge in [0.1, 0.15) is 0 Å². The van der Waals surface area contributed by atoms with Gasteiger partial charge in [0, 0.05) is 19.2 Å². The number of nitrogens with one attached hydrogen (secondary N) is 2. The molecule has 0 aromatic heterocycles. The number of carbonyl (C=O) groups excluding carboxylic acids is 2. The lowest BCUT2D eigenvalue weighted by molar-refractivity contribution is -0.120. The van der Waals surface area contributed by atoms with Crippen LogP contribution in [0.3, 0.4) is 0 Å². The summed E-state index contributed by atoms with van der Waals surface area (Å²) >= 11 is 0. The molecule has 0 atom stereocenters. The Bertz CT molecular complexity index is 880. The number of hydrogen-bond acceptors (Lipinski definition) is 4. The van der Waals surface area contributed by atoms with E-state index in [9.17, 15) is 21.9 Å². The molecule has 132 valence electrons. The Labute approximate surface area is 145 Å². The Kier molecular flexibility index (Phi) is 5.87. The topological polar surface area (TPSA) is 92.3 Å². The van der Waals surface area contributed by atoms with E-state index < -0.39 is 15.1 Å². The van der Waals surface area contributed by atoms with Gasteiger partial charge in [-0.1, -0.05) is 24.3 Å². The Hall–Kier alpha value is -2.74. The Morgan fingerprint density at radius 1 is 1.04 bits per heavy atom. The van der Waals surface area contributed by atoms with E-state index in [1.54, 1.807) is 18.2 Å². The lowest BCUT2D eigenvalue weighted by atomic mass is 10.1. The molecular weight excluding hydrogens is 347 g/mol. The van der Waals surface area contributed by atoms with E-state index in [-0.39, 0.29) is 24.8 Å². The fraction of sp³-hybridized carbons (Fsp3) is 0.176. The zero-order valence-electron chi connectivity index (χ0n) is 13.5. The van der Waals surface area contributed by atoms with Crippen LogP contribution in [-0.4, -0.2) is 20.2 Å². The second-order valence-corrected chi connectivity index (χ2v) is 6.76. The molecular formula is C17H17FN2O4S. The smallest absolute Gasteiger partial charge is 0.332 e.